The van der Waals surface area contributed by atoms with Gasteiger partial charge in [0.15, 0.2) is 0 Å². The van der Waals surface area contributed by atoms with Crippen molar-refractivity contribution in [3.63, 3.8) is 0 Å². The van der Waals surface area contributed by atoms with Crippen LogP contribution in [0, 0.1) is 0 Å². The summed E-state index contributed by atoms with van der Waals surface area (Å²) in [5, 5.41) is 0. The molecule has 0 aliphatic heterocycles. The van der Waals surface area contributed by atoms with Crippen molar-refractivity contribution in [1.29, 1.82) is 0 Å². The molecular formula is Cl4SnTi. The van der Waals surface area contributed by atoms with Crippen LogP contribution in [0.4, 0.5) is 0 Å². The van der Waals surface area contributed by atoms with Crippen molar-refractivity contribution in [2.24, 2.45) is 0 Å². The monoisotopic (exact) mass is 308 g/mol. The van der Waals surface area contributed by atoms with E-state index in [0.29, 0.717) is 0 Å². The first-order chi connectivity index (χ1) is 2.00. The number of hydrogen-bond donors (Lipinski definition) is 0. The fourth-order valence-corrected chi connectivity index (χ4v) is 0. The molecule has 4 radical (unpaired) electrons. The smallest absolute Gasteiger partial charge is 0 e. The summed E-state index contributed by atoms with van der Waals surface area (Å²) in [4.78, 5) is 0. The molecule has 0 aromatic rings. The van der Waals surface area contributed by atoms with E-state index in [-0.39, 0.29) is 23.9 Å². The van der Waals surface area contributed by atoms with E-state index < -0.39 is 12.3 Å². The van der Waals surface area contributed by atoms with Crippen LogP contribution in [0.1, 0.15) is 0 Å². The molecule has 0 aromatic heterocycles. The van der Waals surface area contributed by atoms with Crippen molar-refractivity contribution in [3.05, 3.63) is 0 Å². The maximum atomic E-state index is 5.01. The molecule has 0 rings (SSSR count). The first kappa shape index (κ1) is 11.5. The fourth-order valence-electron chi connectivity index (χ4n) is 0. The second kappa shape index (κ2) is 4.54. The van der Waals surface area contributed by atoms with E-state index in [1.165, 1.54) is 0 Å². The zero-order valence-corrected chi connectivity index (χ0v) is 9.95. The van der Waals surface area contributed by atoms with Crippen LogP contribution < -0.4 is 0 Å². The van der Waals surface area contributed by atoms with Gasteiger partial charge in [-0.25, -0.2) is 0 Å². The van der Waals surface area contributed by atoms with E-state index in [0.717, 1.165) is 0 Å². The van der Waals surface area contributed by atoms with Crippen molar-refractivity contribution in [1.82, 2.24) is 0 Å². The first-order valence-electron chi connectivity index (χ1n) is 0.756. The van der Waals surface area contributed by atoms with Gasteiger partial charge >= 0.3 is 49.6 Å². The normalized spacial score (nSPS) is 10.0. The molecular weight excluding hydrogens is 308 g/mol. The van der Waals surface area contributed by atoms with Crippen LogP contribution in [0.25, 0.3) is 0 Å². The summed E-state index contributed by atoms with van der Waals surface area (Å²) in [6.07, 6.45) is 0. The van der Waals surface area contributed by atoms with Gasteiger partial charge in [0.1, 0.15) is 0 Å². The molecule has 0 aliphatic rings. The van der Waals surface area contributed by atoms with E-state index in [4.69, 9.17) is 37.2 Å². The summed E-state index contributed by atoms with van der Waals surface area (Å²) in [6.45, 7) is 0. The zero-order chi connectivity index (χ0) is 4.50. The summed E-state index contributed by atoms with van der Waals surface area (Å²) < 4.78 is 0. The van der Waals surface area contributed by atoms with Crippen molar-refractivity contribution in [2.75, 3.05) is 0 Å². The van der Waals surface area contributed by atoms with E-state index >= 15 is 0 Å². The number of halogens is 4. The molecule has 6 heteroatoms. The van der Waals surface area contributed by atoms with Gasteiger partial charge in [0, 0.05) is 23.9 Å². The van der Waals surface area contributed by atoms with Crippen LogP contribution in [-0.4, -0.2) is 23.9 Å². The summed E-state index contributed by atoms with van der Waals surface area (Å²) in [6, 6.07) is 0. The third-order valence-electron chi connectivity index (χ3n) is 0. The maximum absolute atomic E-state index is 5.01. The van der Waals surface area contributed by atoms with Crippen molar-refractivity contribution >= 4 is 61.1 Å². The molecule has 0 amide bonds. The van der Waals surface area contributed by atoms with E-state index in [9.17, 15) is 0 Å². The minimum absolute atomic E-state index is 0. The minimum Gasteiger partial charge on any atom is 0 e. The van der Waals surface area contributed by atoms with E-state index in [1.54, 1.807) is 0 Å². The van der Waals surface area contributed by atoms with Crippen LogP contribution >= 0.6 is 37.2 Å². The molecule has 0 N–H and O–H groups in total. The van der Waals surface area contributed by atoms with Gasteiger partial charge in [0.2, 0.25) is 0 Å². The van der Waals surface area contributed by atoms with Crippen LogP contribution in [-0.2, 0) is 12.3 Å². The molecule has 6 heavy (non-hydrogen) atoms. The third kappa shape index (κ3) is 30.1. The van der Waals surface area contributed by atoms with Crippen LogP contribution in [0.15, 0.2) is 0 Å². The largest absolute Gasteiger partial charge is 0 e. The molecule has 0 saturated carbocycles. The SMILES string of the molecule is [Cl][Ti]([Cl])([Cl])[Cl].[Sn]. The topological polar surface area (TPSA) is 0 Å². The zero-order valence-electron chi connectivity index (χ0n) is 2.51. The van der Waals surface area contributed by atoms with Crippen LogP contribution in [0.2, 0.25) is 0 Å². The van der Waals surface area contributed by atoms with Gasteiger partial charge in [-0.15, -0.1) is 0 Å². The summed E-state index contributed by atoms with van der Waals surface area (Å²) in [5.41, 5.74) is 0. The Kier molecular flexibility index (Phi) is 8.68. The minimum atomic E-state index is -3.11. The molecule has 0 aromatic carbocycles. The van der Waals surface area contributed by atoms with Gasteiger partial charge in [-0.1, -0.05) is 0 Å². The molecule has 0 heterocycles. The summed E-state index contributed by atoms with van der Waals surface area (Å²) >= 11 is -3.11. The second-order valence-corrected chi connectivity index (χ2v) is 15.9. The van der Waals surface area contributed by atoms with Crippen molar-refractivity contribution < 1.29 is 12.3 Å². The molecule has 0 aliphatic carbocycles. The molecule has 0 saturated heterocycles. The van der Waals surface area contributed by atoms with E-state index in [2.05, 4.69) is 0 Å². The van der Waals surface area contributed by atoms with Crippen LogP contribution in [0.5, 0.6) is 0 Å². The molecule has 0 bridgehead atoms. The quantitative estimate of drug-likeness (QED) is 0.603. The predicted octanol–water partition coefficient (Wildman–Crippen LogP) is 2.37. The first-order valence-corrected chi connectivity index (χ1v) is 9.35. The Hall–Kier alpha value is 2.67. The second-order valence-electron chi connectivity index (χ2n) is 0.429. The average Bonchev–Trinajstić information content (AvgIpc) is 0.722. The standard InChI is InChI=1S/4ClH.Sn.Ti/h4*1H;;/q;;;;;+4/p-4. The Bertz CT molecular complexity index is 23.0. The predicted molar refractivity (Wildman–Crippen MR) is 29.2 cm³/mol. The Morgan fingerprint density at radius 1 is 0.833 bits per heavy atom. The molecule has 36 valence electrons. The van der Waals surface area contributed by atoms with Gasteiger partial charge in [0.05, 0.1) is 0 Å². The van der Waals surface area contributed by atoms with Gasteiger partial charge in [-0.2, -0.15) is 0 Å². The van der Waals surface area contributed by atoms with Crippen molar-refractivity contribution in [3.8, 4) is 0 Å². The van der Waals surface area contributed by atoms with Gasteiger partial charge in [-0.05, 0) is 0 Å². The Morgan fingerprint density at radius 3 is 0.833 bits per heavy atom. The van der Waals surface area contributed by atoms with Crippen LogP contribution in [0.3, 0.4) is 0 Å². The molecule has 0 fully saturated rings. The maximum Gasteiger partial charge on any atom is 0 e. The van der Waals surface area contributed by atoms with Gasteiger partial charge in [-0.3, -0.25) is 0 Å². The Balaban J connectivity index is 0. The summed E-state index contributed by atoms with van der Waals surface area (Å²) in [5.74, 6) is 0. The van der Waals surface area contributed by atoms with Gasteiger partial charge < -0.3 is 0 Å². The number of hydrogen-bond acceptors (Lipinski definition) is 0. The molecule has 0 nitrogen and oxygen atoms in total. The Morgan fingerprint density at radius 2 is 0.833 bits per heavy atom. The summed E-state index contributed by atoms with van der Waals surface area (Å²) in [7, 11) is 20.1. The van der Waals surface area contributed by atoms with Gasteiger partial charge in [0.25, 0.3) is 0 Å². The van der Waals surface area contributed by atoms with Crippen molar-refractivity contribution in [2.45, 2.75) is 0 Å². The molecule has 0 atom stereocenters. The molecule has 0 unspecified atom stereocenters. The Labute approximate surface area is 72.3 Å². The number of rotatable bonds is 0. The fraction of sp³-hybridized carbons (Fsp3) is 0. The third-order valence-corrected chi connectivity index (χ3v) is 0. The molecule has 0 spiro atoms. The average molecular weight is 308 g/mol. The van der Waals surface area contributed by atoms with E-state index in [1.807, 2.05) is 0 Å².